The van der Waals surface area contributed by atoms with Crippen LogP contribution in [0.1, 0.15) is 57.3 Å². The summed E-state index contributed by atoms with van der Waals surface area (Å²) < 4.78 is 0. The molecule has 0 aromatic heterocycles. The van der Waals surface area contributed by atoms with Crippen LogP contribution in [-0.2, 0) is 39.0 Å². The minimum absolute atomic E-state index is 0. The average Bonchev–Trinajstić information content (AvgIpc) is 3.80. The van der Waals surface area contributed by atoms with E-state index in [1.165, 1.54) is 88.3 Å². The zero-order valence-electron chi connectivity index (χ0n) is 23.9. The van der Waals surface area contributed by atoms with Crippen LogP contribution in [0.4, 0.5) is 0 Å². The molecule has 0 heterocycles. The molecule has 8 rings (SSSR count). The summed E-state index contributed by atoms with van der Waals surface area (Å²) >= 11 is 14.9. The van der Waals surface area contributed by atoms with Crippen LogP contribution in [0.15, 0.2) is 85.0 Å². The molecule has 0 bridgehead atoms. The van der Waals surface area contributed by atoms with Crippen LogP contribution in [0, 0.1) is 13.8 Å². The van der Waals surface area contributed by atoms with Crippen LogP contribution in [0.3, 0.4) is 0 Å². The molecule has 0 spiro atoms. The van der Waals surface area contributed by atoms with Crippen LogP contribution in [0.25, 0.3) is 33.4 Å². The predicted molar refractivity (Wildman–Crippen MR) is 180 cm³/mol. The molecule has 4 heteroatoms. The maximum absolute atomic E-state index is 7.47. The largest absolute Gasteiger partial charge is 0.0899 e. The first-order chi connectivity index (χ1) is 20.0. The molecule has 0 saturated heterocycles. The van der Waals surface area contributed by atoms with Crippen molar-refractivity contribution in [2.24, 2.45) is 0 Å². The summed E-state index contributed by atoms with van der Waals surface area (Å²) in [4.78, 5) is 0. The van der Waals surface area contributed by atoms with Crippen LogP contribution in [0.5, 0.6) is 0 Å². The van der Waals surface area contributed by atoms with E-state index in [0.29, 0.717) is 0 Å². The monoisotopic (exact) mass is 674 g/mol. The van der Waals surface area contributed by atoms with Gasteiger partial charge in [0.1, 0.15) is 0 Å². The van der Waals surface area contributed by atoms with Crippen molar-refractivity contribution >= 4 is 54.2 Å². The molecule has 0 radical (unpaired) electrons. The molecule has 4 aliphatic carbocycles. The van der Waals surface area contributed by atoms with E-state index < -0.39 is 9.52 Å². The SMILES string of the molecule is Cc1c([SiH2]c2c(C)c3c(c(Cl)c2C2=CC=CC2)Cc2ccccc2-3)c(C2=CC=CC2)c(Cl)c2c1-c1ccccc1C2.[Zr]. The van der Waals surface area contributed by atoms with E-state index in [9.17, 15) is 0 Å². The molecular weight excluding hydrogens is 647 g/mol. The fourth-order valence-electron chi connectivity index (χ4n) is 7.75. The van der Waals surface area contributed by atoms with E-state index in [1.807, 2.05) is 0 Å². The predicted octanol–water partition coefficient (Wildman–Crippen LogP) is 8.56. The maximum atomic E-state index is 7.47. The Hall–Kier alpha value is -2.48. The average molecular weight is 677 g/mol. The third kappa shape index (κ3) is 4.17. The first-order valence-corrected chi connectivity index (χ1v) is 16.8. The van der Waals surface area contributed by atoms with Crippen molar-refractivity contribution in [1.29, 1.82) is 0 Å². The van der Waals surface area contributed by atoms with Crippen LogP contribution in [-0.4, -0.2) is 9.52 Å². The summed E-state index contributed by atoms with van der Waals surface area (Å²) in [7, 11) is -1.00. The molecular formula is C38H30Cl2SiZr. The van der Waals surface area contributed by atoms with Gasteiger partial charge in [-0.1, -0.05) is 108 Å². The molecule has 0 aliphatic heterocycles. The molecule has 0 N–H and O–H groups in total. The molecule has 42 heavy (non-hydrogen) atoms. The van der Waals surface area contributed by atoms with Gasteiger partial charge < -0.3 is 0 Å². The molecule has 0 saturated carbocycles. The smallest absolute Gasteiger partial charge is 0.0833 e. The Labute approximate surface area is 279 Å². The van der Waals surface area contributed by atoms with Gasteiger partial charge >= 0.3 is 0 Å². The summed E-state index contributed by atoms with van der Waals surface area (Å²) in [6.07, 6.45) is 17.1. The van der Waals surface area contributed by atoms with Crippen molar-refractivity contribution in [2.45, 2.75) is 39.5 Å². The molecule has 0 fully saturated rings. The number of benzene rings is 4. The van der Waals surface area contributed by atoms with Gasteiger partial charge in [-0.2, -0.15) is 0 Å². The summed E-state index contributed by atoms with van der Waals surface area (Å²) in [5, 5.41) is 4.85. The molecule has 0 unspecified atom stereocenters. The number of fused-ring (bicyclic) bond motifs is 6. The molecule has 4 aliphatic rings. The fraction of sp³-hybridized carbons (Fsp3) is 0.158. The van der Waals surface area contributed by atoms with Crippen molar-refractivity contribution in [2.75, 3.05) is 0 Å². The van der Waals surface area contributed by atoms with E-state index in [0.717, 1.165) is 35.7 Å². The molecule has 4 aromatic carbocycles. The summed E-state index contributed by atoms with van der Waals surface area (Å²) in [6.45, 7) is 4.70. The van der Waals surface area contributed by atoms with Gasteiger partial charge in [0, 0.05) is 39.0 Å². The van der Waals surface area contributed by atoms with E-state index in [2.05, 4.69) is 98.8 Å². The van der Waals surface area contributed by atoms with E-state index in [4.69, 9.17) is 23.2 Å². The Morgan fingerprint density at radius 3 is 1.43 bits per heavy atom. The minimum Gasteiger partial charge on any atom is -0.0833 e. The normalized spacial score (nSPS) is 15.2. The zero-order chi connectivity index (χ0) is 27.8. The van der Waals surface area contributed by atoms with E-state index >= 15 is 0 Å². The van der Waals surface area contributed by atoms with Gasteiger partial charge in [-0.3, -0.25) is 0 Å². The van der Waals surface area contributed by atoms with Gasteiger partial charge in [-0.25, -0.2) is 0 Å². The zero-order valence-corrected chi connectivity index (χ0v) is 29.3. The number of halogens is 2. The second-order valence-electron chi connectivity index (χ2n) is 11.8. The first-order valence-electron chi connectivity index (χ1n) is 14.6. The molecule has 0 atom stereocenters. The Kier molecular flexibility index (Phi) is 7.35. The van der Waals surface area contributed by atoms with Crippen molar-refractivity contribution in [3.8, 4) is 22.3 Å². The molecule has 204 valence electrons. The molecule has 0 nitrogen and oxygen atoms in total. The van der Waals surface area contributed by atoms with Crippen LogP contribution < -0.4 is 10.4 Å². The van der Waals surface area contributed by atoms with Crippen LogP contribution >= 0.6 is 23.2 Å². The quantitative estimate of drug-likeness (QED) is 0.164. The van der Waals surface area contributed by atoms with Gasteiger partial charge in [-0.15, -0.1) is 0 Å². The second-order valence-corrected chi connectivity index (χ2v) is 14.3. The van der Waals surface area contributed by atoms with Gasteiger partial charge in [0.15, 0.2) is 0 Å². The maximum Gasteiger partial charge on any atom is 0.0899 e. The Balaban J connectivity index is 0.00000288. The van der Waals surface area contributed by atoms with Gasteiger partial charge in [0.25, 0.3) is 0 Å². The summed E-state index contributed by atoms with van der Waals surface area (Å²) in [5.41, 5.74) is 18.9. The number of allylic oxidation sites excluding steroid dienone is 8. The summed E-state index contributed by atoms with van der Waals surface area (Å²) in [6, 6.07) is 17.7. The van der Waals surface area contributed by atoms with Crippen LogP contribution in [0.2, 0.25) is 10.0 Å². The second kappa shape index (κ2) is 10.9. The van der Waals surface area contributed by atoms with Crippen molar-refractivity contribution in [3.05, 3.63) is 140 Å². The first kappa shape index (κ1) is 28.3. The standard InChI is InChI=1S/C38H30Cl2Si.Zr/c1-21-31-27-17-9-7-15-25(27)19-29(31)35(39)33(23-11-3-4-12-23)37(21)41-38-22(2)32-28-18-10-8-16-26(28)20-30(32)36(40)34(38)24-13-5-6-14-24;/h3-11,13,15-18H,12,14,19-20,41H2,1-2H3;. The van der Waals surface area contributed by atoms with Gasteiger partial charge in [0.2, 0.25) is 0 Å². The molecule has 4 aromatic rings. The van der Waals surface area contributed by atoms with Crippen molar-refractivity contribution in [1.82, 2.24) is 0 Å². The topological polar surface area (TPSA) is 0 Å². The number of rotatable bonds is 4. The summed E-state index contributed by atoms with van der Waals surface area (Å²) in [5.74, 6) is 0. The van der Waals surface area contributed by atoms with E-state index in [1.54, 1.807) is 0 Å². The van der Waals surface area contributed by atoms with E-state index in [-0.39, 0.29) is 26.2 Å². The van der Waals surface area contributed by atoms with Crippen molar-refractivity contribution < 1.29 is 26.2 Å². The third-order valence-corrected chi connectivity index (χ3v) is 13.0. The van der Waals surface area contributed by atoms with Crippen molar-refractivity contribution in [3.63, 3.8) is 0 Å². The molecule has 0 amide bonds. The third-order valence-electron chi connectivity index (χ3n) is 9.68. The van der Waals surface area contributed by atoms with Gasteiger partial charge in [0.05, 0.1) is 19.6 Å². The Morgan fingerprint density at radius 1 is 0.595 bits per heavy atom. The Morgan fingerprint density at radius 2 is 1.02 bits per heavy atom. The van der Waals surface area contributed by atoms with Gasteiger partial charge in [-0.05, 0) is 115 Å². The number of hydrogen-bond acceptors (Lipinski definition) is 0. The fourth-order valence-corrected chi connectivity index (χ4v) is 11.2. The Bertz CT molecular complexity index is 1820. The number of hydrogen-bond donors (Lipinski definition) is 0. The minimum atomic E-state index is -1.00.